The Morgan fingerprint density at radius 1 is 1.36 bits per heavy atom. The van der Waals surface area contributed by atoms with Crippen molar-refractivity contribution in [2.24, 2.45) is 11.1 Å². The summed E-state index contributed by atoms with van der Waals surface area (Å²) in [5.74, 6) is 0.551. The molecule has 0 saturated heterocycles. The highest BCUT2D eigenvalue weighted by Crippen LogP contribution is 2.57. The monoisotopic (exact) mass is 207 g/mol. The number of hydrogen-bond donors (Lipinski definition) is 1. The second-order valence-corrected chi connectivity index (χ2v) is 5.48. The fourth-order valence-electron chi connectivity index (χ4n) is 2.15. The van der Waals surface area contributed by atoms with E-state index in [0.717, 1.165) is 0 Å². The second kappa shape index (κ2) is 3.28. The van der Waals surface area contributed by atoms with Gasteiger partial charge < -0.3 is 5.73 Å². The summed E-state index contributed by atoms with van der Waals surface area (Å²) in [5, 5.41) is 0. The fourth-order valence-corrected chi connectivity index (χ4v) is 2.62. The molecule has 1 fully saturated rings. The molecule has 1 saturated carbocycles. The summed E-state index contributed by atoms with van der Waals surface area (Å²) in [6.07, 6.45) is 2.11. The summed E-state index contributed by atoms with van der Waals surface area (Å²) in [5.41, 5.74) is 7.75. The number of rotatable bonds is 2. The van der Waals surface area contributed by atoms with E-state index < -0.39 is 0 Å². The SMILES string of the molecule is CSc1cccc([C@@H]2[C@@H](N)C2(C)C)c1. The van der Waals surface area contributed by atoms with Crippen molar-refractivity contribution in [1.29, 1.82) is 0 Å². The van der Waals surface area contributed by atoms with Crippen LogP contribution < -0.4 is 5.73 Å². The molecule has 0 aliphatic heterocycles. The first-order valence-corrected chi connectivity index (χ1v) is 6.19. The molecule has 14 heavy (non-hydrogen) atoms. The van der Waals surface area contributed by atoms with Gasteiger partial charge in [-0.3, -0.25) is 0 Å². The van der Waals surface area contributed by atoms with E-state index >= 15 is 0 Å². The third kappa shape index (κ3) is 1.47. The largest absolute Gasteiger partial charge is 0.327 e. The van der Waals surface area contributed by atoms with E-state index in [0.29, 0.717) is 12.0 Å². The Balaban J connectivity index is 2.26. The van der Waals surface area contributed by atoms with Gasteiger partial charge in [0.25, 0.3) is 0 Å². The second-order valence-electron chi connectivity index (χ2n) is 4.60. The Hall–Kier alpha value is -0.470. The topological polar surface area (TPSA) is 26.0 Å². The lowest BCUT2D eigenvalue weighted by molar-refractivity contribution is 0.599. The highest BCUT2D eigenvalue weighted by atomic mass is 32.2. The van der Waals surface area contributed by atoms with Gasteiger partial charge >= 0.3 is 0 Å². The van der Waals surface area contributed by atoms with Crippen LogP contribution in [0.4, 0.5) is 0 Å². The van der Waals surface area contributed by atoms with Crippen LogP contribution in [0.25, 0.3) is 0 Å². The molecule has 0 amide bonds. The van der Waals surface area contributed by atoms with Crippen molar-refractivity contribution in [3.05, 3.63) is 29.8 Å². The maximum atomic E-state index is 6.06. The van der Waals surface area contributed by atoms with Gasteiger partial charge in [0.15, 0.2) is 0 Å². The van der Waals surface area contributed by atoms with Crippen LogP contribution in [0.3, 0.4) is 0 Å². The van der Waals surface area contributed by atoms with Gasteiger partial charge in [-0.1, -0.05) is 26.0 Å². The Bertz CT molecular complexity index is 346. The molecular weight excluding hydrogens is 190 g/mol. The minimum Gasteiger partial charge on any atom is -0.327 e. The van der Waals surface area contributed by atoms with Crippen LogP contribution in [-0.2, 0) is 0 Å². The van der Waals surface area contributed by atoms with Gasteiger partial charge in [-0.05, 0) is 29.4 Å². The molecule has 1 aliphatic rings. The van der Waals surface area contributed by atoms with E-state index in [-0.39, 0.29) is 5.41 Å². The van der Waals surface area contributed by atoms with Crippen molar-refractivity contribution >= 4 is 11.8 Å². The molecule has 1 aromatic carbocycles. The van der Waals surface area contributed by atoms with E-state index in [2.05, 4.69) is 44.4 Å². The standard InChI is InChI=1S/C12H17NS/c1-12(2)10(11(12)13)8-5-4-6-9(7-8)14-3/h4-7,10-11H,13H2,1-3H3/t10-,11-/m1/s1. The van der Waals surface area contributed by atoms with Gasteiger partial charge in [-0.15, -0.1) is 11.8 Å². The minimum atomic E-state index is 0.289. The van der Waals surface area contributed by atoms with Crippen LogP contribution in [0.15, 0.2) is 29.2 Å². The molecule has 2 rings (SSSR count). The summed E-state index contributed by atoms with van der Waals surface area (Å²) in [6, 6.07) is 9.07. The summed E-state index contributed by atoms with van der Waals surface area (Å²) in [6.45, 7) is 4.49. The maximum Gasteiger partial charge on any atom is 0.0172 e. The first-order valence-electron chi connectivity index (χ1n) is 4.97. The van der Waals surface area contributed by atoms with Gasteiger partial charge in [0.1, 0.15) is 0 Å². The van der Waals surface area contributed by atoms with Gasteiger partial charge in [0, 0.05) is 16.9 Å². The molecule has 0 aromatic heterocycles. The molecule has 0 unspecified atom stereocenters. The molecule has 0 heterocycles. The van der Waals surface area contributed by atoms with E-state index in [1.54, 1.807) is 11.8 Å². The Morgan fingerprint density at radius 3 is 2.50 bits per heavy atom. The molecule has 1 aliphatic carbocycles. The van der Waals surface area contributed by atoms with E-state index in [1.807, 2.05) is 0 Å². The smallest absolute Gasteiger partial charge is 0.0172 e. The molecule has 1 nitrogen and oxygen atoms in total. The van der Waals surface area contributed by atoms with Crippen molar-refractivity contribution in [2.75, 3.05) is 6.26 Å². The van der Waals surface area contributed by atoms with Crippen LogP contribution in [-0.4, -0.2) is 12.3 Å². The van der Waals surface area contributed by atoms with E-state index in [4.69, 9.17) is 5.73 Å². The number of benzene rings is 1. The molecule has 1 aromatic rings. The normalized spacial score (nSPS) is 28.9. The van der Waals surface area contributed by atoms with Gasteiger partial charge in [0.2, 0.25) is 0 Å². The lowest BCUT2D eigenvalue weighted by atomic mass is 10.0. The van der Waals surface area contributed by atoms with Crippen molar-refractivity contribution in [3.63, 3.8) is 0 Å². The average molecular weight is 207 g/mol. The van der Waals surface area contributed by atoms with Crippen molar-refractivity contribution in [2.45, 2.75) is 30.7 Å². The van der Waals surface area contributed by atoms with Crippen molar-refractivity contribution in [3.8, 4) is 0 Å². The summed E-state index contributed by atoms with van der Waals surface area (Å²) >= 11 is 1.79. The Labute approximate surface area is 90.1 Å². The third-order valence-corrected chi connectivity index (χ3v) is 4.09. The zero-order chi connectivity index (χ0) is 10.3. The lowest BCUT2D eigenvalue weighted by Gasteiger charge is -2.04. The summed E-state index contributed by atoms with van der Waals surface area (Å²) in [4.78, 5) is 1.33. The lowest BCUT2D eigenvalue weighted by Crippen LogP contribution is -2.06. The molecule has 0 radical (unpaired) electrons. The minimum absolute atomic E-state index is 0.289. The predicted octanol–water partition coefficient (Wildman–Crippen LogP) is 2.86. The fraction of sp³-hybridized carbons (Fsp3) is 0.500. The molecule has 2 N–H and O–H groups in total. The quantitative estimate of drug-likeness (QED) is 0.755. The van der Waals surface area contributed by atoms with E-state index in [9.17, 15) is 0 Å². The van der Waals surface area contributed by atoms with Gasteiger partial charge in [-0.25, -0.2) is 0 Å². The molecule has 76 valence electrons. The van der Waals surface area contributed by atoms with Crippen LogP contribution in [0.2, 0.25) is 0 Å². The Kier molecular flexibility index (Phi) is 2.36. The first-order chi connectivity index (χ1) is 6.57. The van der Waals surface area contributed by atoms with Crippen LogP contribution >= 0.6 is 11.8 Å². The van der Waals surface area contributed by atoms with Crippen molar-refractivity contribution in [1.82, 2.24) is 0 Å². The van der Waals surface area contributed by atoms with Crippen LogP contribution in [0.1, 0.15) is 25.3 Å². The number of thioether (sulfide) groups is 1. The Morgan fingerprint density at radius 2 is 2.00 bits per heavy atom. The highest BCUT2D eigenvalue weighted by Gasteiger charge is 2.55. The van der Waals surface area contributed by atoms with Gasteiger partial charge in [-0.2, -0.15) is 0 Å². The summed E-state index contributed by atoms with van der Waals surface area (Å²) in [7, 11) is 0. The van der Waals surface area contributed by atoms with E-state index in [1.165, 1.54) is 10.5 Å². The van der Waals surface area contributed by atoms with Crippen molar-refractivity contribution < 1.29 is 0 Å². The van der Waals surface area contributed by atoms with Gasteiger partial charge in [0.05, 0.1) is 0 Å². The first kappa shape index (κ1) is 10.1. The highest BCUT2D eigenvalue weighted by molar-refractivity contribution is 7.98. The molecule has 0 bridgehead atoms. The maximum absolute atomic E-state index is 6.06. The number of hydrogen-bond acceptors (Lipinski definition) is 2. The van der Waals surface area contributed by atoms with Crippen LogP contribution in [0.5, 0.6) is 0 Å². The predicted molar refractivity (Wildman–Crippen MR) is 62.7 cm³/mol. The number of nitrogens with two attached hydrogens (primary N) is 1. The summed E-state index contributed by atoms with van der Waals surface area (Å²) < 4.78 is 0. The molecule has 2 atom stereocenters. The zero-order valence-corrected chi connectivity index (χ0v) is 9.77. The molecule has 2 heteroatoms. The average Bonchev–Trinajstić information content (AvgIpc) is 2.66. The third-order valence-electron chi connectivity index (χ3n) is 3.36. The molecule has 0 spiro atoms. The molecular formula is C12H17NS. The zero-order valence-electron chi connectivity index (χ0n) is 8.95. The van der Waals surface area contributed by atoms with Crippen LogP contribution in [0, 0.1) is 5.41 Å².